The molecule has 4 heteroatoms. The lowest BCUT2D eigenvalue weighted by Crippen LogP contribution is -2.08. The van der Waals surface area contributed by atoms with Crippen molar-refractivity contribution in [3.63, 3.8) is 0 Å². The molecule has 0 spiro atoms. The van der Waals surface area contributed by atoms with Crippen LogP contribution < -0.4 is 0 Å². The summed E-state index contributed by atoms with van der Waals surface area (Å²) in [7, 11) is 1.40. The van der Waals surface area contributed by atoms with Crippen LogP contribution in [0.3, 0.4) is 0 Å². The standard InChI is InChI=1S/C6H13ClO3/c1-6(4-3-5-7)9-10-8-2/h6H,3-5H2,1-2H3. The van der Waals surface area contributed by atoms with Crippen LogP contribution in [0, 0.1) is 0 Å². The predicted molar refractivity (Wildman–Crippen MR) is 38.6 cm³/mol. The van der Waals surface area contributed by atoms with Gasteiger partial charge in [-0.3, -0.25) is 0 Å². The van der Waals surface area contributed by atoms with Gasteiger partial charge in [-0.1, -0.05) is 5.04 Å². The molecule has 0 rings (SSSR count). The Kier molecular flexibility index (Phi) is 7.40. The van der Waals surface area contributed by atoms with Gasteiger partial charge in [-0.05, 0) is 19.8 Å². The smallest absolute Gasteiger partial charge is 0.0933 e. The maximum atomic E-state index is 5.45. The van der Waals surface area contributed by atoms with Crippen LogP contribution in [0.2, 0.25) is 0 Å². The topological polar surface area (TPSA) is 27.7 Å². The van der Waals surface area contributed by atoms with Gasteiger partial charge in [0, 0.05) is 5.88 Å². The van der Waals surface area contributed by atoms with Crippen molar-refractivity contribution in [2.75, 3.05) is 13.0 Å². The van der Waals surface area contributed by atoms with Gasteiger partial charge < -0.3 is 0 Å². The zero-order valence-corrected chi connectivity index (χ0v) is 7.06. The van der Waals surface area contributed by atoms with Gasteiger partial charge in [0.15, 0.2) is 0 Å². The van der Waals surface area contributed by atoms with E-state index in [1.807, 2.05) is 6.92 Å². The highest BCUT2D eigenvalue weighted by Crippen LogP contribution is 2.02. The molecule has 0 aromatic rings. The van der Waals surface area contributed by atoms with Crippen molar-refractivity contribution in [1.82, 2.24) is 0 Å². The van der Waals surface area contributed by atoms with E-state index in [4.69, 9.17) is 16.5 Å². The number of hydrogen-bond acceptors (Lipinski definition) is 3. The Bertz CT molecular complexity index is 62.0. The molecule has 0 radical (unpaired) electrons. The van der Waals surface area contributed by atoms with Crippen LogP contribution in [0.15, 0.2) is 0 Å². The molecule has 62 valence electrons. The molecule has 0 fully saturated rings. The summed E-state index contributed by atoms with van der Waals surface area (Å²) in [6.45, 7) is 1.89. The monoisotopic (exact) mass is 168 g/mol. The molecule has 0 aliphatic heterocycles. The van der Waals surface area contributed by atoms with E-state index in [0.717, 1.165) is 12.8 Å². The molecule has 0 bridgehead atoms. The molecular weight excluding hydrogens is 156 g/mol. The van der Waals surface area contributed by atoms with Crippen molar-refractivity contribution in [3.05, 3.63) is 0 Å². The Morgan fingerprint density at radius 3 is 2.70 bits per heavy atom. The number of halogens is 1. The zero-order valence-electron chi connectivity index (χ0n) is 6.30. The van der Waals surface area contributed by atoms with Gasteiger partial charge in [-0.25, -0.2) is 9.78 Å². The Morgan fingerprint density at radius 1 is 1.50 bits per heavy atom. The zero-order chi connectivity index (χ0) is 7.82. The third kappa shape index (κ3) is 6.29. The van der Waals surface area contributed by atoms with Crippen LogP contribution >= 0.6 is 11.6 Å². The quantitative estimate of drug-likeness (QED) is 0.345. The number of rotatable bonds is 6. The molecule has 0 saturated heterocycles. The van der Waals surface area contributed by atoms with E-state index in [2.05, 4.69) is 9.93 Å². The number of alkyl halides is 1. The Balaban J connectivity index is 3.00. The first-order valence-electron chi connectivity index (χ1n) is 3.23. The second-order valence-electron chi connectivity index (χ2n) is 1.97. The molecule has 1 atom stereocenters. The van der Waals surface area contributed by atoms with Gasteiger partial charge in [-0.2, -0.15) is 0 Å². The molecule has 0 saturated carbocycles. The number of hydrogen-bond donors (Lipinski definition) is 0. The van der Waals surface area contributed by atoms with Gasteiger partial charge in [0.05, 0.1) is 13.2 Å². The van der Waals surface area contributed by atoms with Crippen LogP contribution in [0.25, 0.3) is 0 Å². The Labute approximate surface area is 66.1 Å². The fourth-order valence-corrected chi connectivity index (χ4v) is 0.673. The summed E-state index contributed by atoms with van der Waals surface area (Å²) < 4.78 is 0. The molecule has 0 aliphatic rings. The third-order valence-electron chi connectivity index (χ3n) is 1.02. The summed E-state index contributed by atoms with van der Waals surface area (Å²) in [5.41, 5.74) is 0. The fraction of sp³-hybridized carbons (Fsp3) is 1.00. The molecule has 0 N–H and O–H groups in total. The molecular formula is C6H13ClO3. The summed E-state index contributed by atoms with van der Waals surface area (Å²) in [6.07, 6.45) is 1.85. The minimum atomic E-state index is 0.0405. The van der Waals surface area contributed by atoms with E-state index in [1.54, 1.807) is 0 Å². The van der Waals surface area contributed by atoms with E-state index in [0.29, 0.717) is 5.88 Å². The van der Waals surface area contributed by atoms with Crippen LogP contribution in [0.1, 0.15) is 19.8 Å². The van der Waals surface area contributed by atoms with E-state index in [-0.39, 0.29) is 6.10 Å². The van der Waals surface area contributed by atoms with Crippen molar-refractivity contribution in [2.45, 2.75) is 25.9 Å². The lowest BCUT2D eigenvalue weighted by Gasteiger charge is -2.07. The van der Waals surface area contributed by atoms with E-state index < -0.39 is 0 Å². The van der Waals surface area contributed by atoms with Gasteiger partial charge in [0.25, 0.3) is 0 Å². The molecule has 0 heterocycles. The summed E-state index contributed by atoms with van der Waals surface area (Å²) in [6, 6.07) is 0. The fourth-order valence-electron chi connectivity index (χ4n) is 0.519. The second kappa shape index (κ2) is 7.28. The first kappa shape index (κ1) is 10.2. The largest absolute Gasteiger partial charge is 0.210 e. The maximum Gasteiger partial charge on any atom is 0.0933 e. The molecule has 1 unspecified atom stereocenters. The molecule has 0 aromatic carbocycles. The van der Waals surface area contributed by atoms with Crippen LogP contribution in [0.4, 0.5) is 0 Å². The molecule has 0 aliphatic carbocycles. The summed E-state index contributed by atoms with van der Waals surface area (Å²) in [4.78, 5) is 8.95. The SMILES string of the molecule is COOOC(C)CCCCl. The molecule has 0 amide bonds. The maximum absolute atomic E-state index is 5.45. The summed E-state index contributed by atoms with van der Waals surface area (Å²) in [5, 5.41) is 4.25. The second-order valence-corrected chi connectivity index (χ2v) is 2.35. The highest BCUT2D eigenvalue weighted by molar-refractivity contribution is 6.17. The normalized spacial score (nSPS) is 13.5. The van der Waals surface area contributed by atoms with Crippen LogP contribution in [0.5, 0.6) is 0 Å². The van der Waals surface area contributed by atoms with E-state index in [1.165, 1.54) is 7.11 Å². The average molecular weight is 169 g/mol. The van der Waals surface area contributed by atoms with Gasteiger partial charge >= 0.3 is 0 Å². The van der Waals surface area contributed by atoms with Crippen molar-refractivity contribution in [2.24, 2.45) is 0 Å². The van der Waals surface area contributed by atoms with Gasteiger partial charge in [-0.15, -0.1) is 11.6 Å². The first-order valence-corrected chi connectivity index (χ1v) is 3.76. The first-order chi connectivity index (χ1) is 4.81. The minimum absolute atomic E-state index is 0.0405. The minimum Gasteiger partial charge on any atom is -0.210 e. The Morgan fingerprint density at radius 2 is 2.20 bits per heavy atom. The third-order valence-corrected chi connectivity index (χ3v) is 1.28. The van der Waals surface area contributed by atoms with Crippen molar-refractivity contribution in [3.8, 4) is 0 Å². The van der Waals surface area contributed by atoms with Crippen molar-refractivity contribution < 1.29 is 14.8 Å². The summed E-state index contributed by atoms with van der Waals surface area (Å²) in [5.74, 6) is 0.653. The van der Waals surface area contributed by atoms with E-state index in [9.17, 15) is 0 Å². The molecule has 3 nitrogen and oxygen atoms in total. The predicted octanol–water partition coefficient (Wildman–Crippen LogP) is 1.90. The lowest BCUT2D eigenvalue weighted by molar-refractivity contribution is -0.515. The Hall–Kier alpha value is 0.170. The van der Waals surface area contributed by atoms with Crippen molar-refractivity contribution in [1.29, 1.82) is 0 Å². The highest BCUT2D eigenvalue weighted by atomic mass is 35.5. The van der Waals surface area contributed by atoms with Crippen LogP contribution in [-0.2, 0) is 14.8 Å². The summed E-state index contributed by atoms with van der Waals surface area (Å²) >= 11 is 5.45. The van der Waals surface area contributed by atoms with Crippen LogP contribution in [-0.4, -0.2) is 19.1 Å². The van der Waals surface area contributed by atoms with Crippen molar-refractivity contribution >= 4 is 11.6 Å². The molecule has 0 aromatic heterocycles. The van der Waals surface area contributed by atoms with E-state index >= 15 is 0 Å². The van der Waals surface area contributed by atoms with Gasteiger partial charge in [0.1, 0.15) is 0 Å². The highest BCUT2D eigenvalue weighted by Gasteiger charge is 2.01. The molecule has 10 heavy (non-hydrogen) atoms. The average Bonchev–Trinajstić information content (AvgIpc) is 1.97. The van der Waals surface area contributed by atoms with Gasteiger partial charge in [0.2, 0.25) is 0 Å². The lowest BCUT2D eigenvalue weighted by atomic mass is 10.2.